The van der Waals surface area contributed by atoms with Crippen LogP contribution in [0.25, 0.3) is 0 Å². The number of benzene rings is 2. The van der Waals surface area contributed by atoms with Crippen LogP contribution in [-0.2, 0) is 6.54 Å². The number of nitrogens with zero attached hydrogens (tertiary/aromatic N) is 1. The molecular formula is C15H17ClN2O3. The molecule has 0 aliphatic carbocycles. The van der Waals surface area contributed by atoms with Crippen LogP contribution < -0.4 is 10.2 Å². The average Bonchev–Trinajstić information content (AvgIpc) is 2.43. The fourth-order valence-corrected chi connectivity index (χ4v) is 2.40. The zero-order valence-electron chi connectivity index (χ0n) is 11.8. The Morgan fingerprint density at radius 1 is 1.05 bits per heavy atom. The van der Waals surface area contributed by atoms with Crippen LogP contribution in [-0.4, -0.2) is 29.4 Å². The van der Waals surface area contributed by atoms with Crippen molar-refractivity contribution in [3.63, 3.8) is 0 Å². The molecule has 0 amide bonds. The minimum atomic E-state index is -0.520. The van der Waals surface area contributed by atoms with Crippen molar-refractivity contribution >= 4 is 23.0 Å². The van der Waals surface area contributed by atoms with E-state index in [0.29, 0.717) is 10.6 Å². The number of halogens is 1. The van der Waals surface area contributed by atoms with Gasteiger partial charge in [-0.25, -0.2) is 0 Å². The van der Waals surface area contributed by atoms with Gasteiger partial charge in [-0.2, -0.15) is 0 Å². The van der Waals surface area contributed by atoms with Crippen LogP contribution in [0.4, 0.5) is 11.4 Å². The highest BCUT2D eigenvalue weighted by atomic mass is 35.5. The summed E-state index contributed by atoms with van der Waals surface area (Å²) < 4.78 is 0. The summed E-state index contributed by atoms with van der Waals surface area (Å²) in [5.41, 5.74) is 2.11. The van der Waals surface area contributed by atoms with Gasteiger partial charge in [0.25, 0.3) is 0 Å². The topological polar surface area (TPSA) is 76.0 Å². The molecule has 2 aromatic carbocycles. The average molecular weight is 309 g/mol. The first-order valence-electron chi connectivity index (χ1n) is 6.34. The quantitative estimate of drug-likeness (QED) is 0.653. The van der Waals surface area contributed by atoms with Gasteiger partial charge < -0.3 is 25.5 Å². The number of nitrogens with one attached hydrogen (secondary N) is 1. The Kier molecular flexibility index (Phi) is 4.33. The lowest BCUT2D eigenvalue weighted by molar-refractivity contribution is 0.365. The fraction of sp³-hybridized carbons (Fsp3) is 0.200. The third kappa shape index (κ3) is 3.08. The third-order valence-corrected chi connectivity index (χ3v) is 3.42. The maximum absolute atomic E-state index is 9.80. The lowest BCUT2D eigenvalue weighted by Crippen LogP contribution is -2.12. The lowest BCUT2D eigenvalue weighted by atomic mass is 10.1. The summed E-state index contributed by atoms with van der Waals surface area (Å²) in [6.45, 7) is 0.279. The van der Waals surface area contributed by atoms with Crippen molar-refractivity contribution in [1.82, 2.24) is 0 Å². The Hall–Kier alpha value is -2.27. The Morgan fingerprint density at radius 2 is 1.76 bits per heavy atom. The molecule has 0 radical (unpaired) electrons. The molecule has 2 rings (SSSR count). The van der Waals surface area contributed by atoms with E-state index in [9.17, 15) is 15.3 Å². The van der Waals surface area contributed by atoms with Crippen LogP contribution in [0.15, 0.2) is 30.3 Å². The highest BCUT2D eigenvalue weighted by Crippen LogP contribution is 2.38. The molecule has 0 unspecified atom stereocenters. The molecule has 0 saturated heterocycles. The van der Waals surface area contributed by atoms with Crippen LogP contribution in [0.2, 0.25) is 5.02 Å². The molecule has 5 nitrogen and oxygen atoms in total. The molecule has 0 aromatic heterocycles. The molecule has 0 heterocycles. The zero-order valence-corrected chi connectivity index (χ0v) is 12.5. The first-order chi connectivity index (χ1) is 9.91. The number of anilines is 2. The van der Waals surface area contributed by atoms with E-state index < -0.39 is 5.75 Å². The van der Waals surface area contributed by atoms with Crippen molar-refractivity contribution in [2.24, 2.45) is 0 Å². The molecule has 0 spiro atoms. The highest BCUT2D eigenvalue weighted by Gasteiger charge is 2.13. The van der Waals surface area contributed by atoms with Gasteiger partial charge in [-0.1, -0.05) is 17.7 Å². The van der Waals surface area contributed by atoms with Gasteiger partial charge in [0.05, 0.1) is 16.4 Å². The number of hydrogen-bond acceptors (Lipinski definition) is 5. The van der Waals surface area contributed by atoms with E-state index >= 15 is 0 Å². The summed E-state index contributed by atoms with van der Waals surface area (Å²) >= 11 is 6.18. The number of hydrogen-bond donors (Lipinski definition) is 4. The number of phenols is 3. The minimum absolute atomic E-state index is 0.279. The Balaban J connectivity index is 2.25. The predicted molar refractivity (Wildman–Crippen MR) is 84.5 cm³/mol. The van der Waals surface area contributed by atoms with Crippen molar-refractivity contribution in [1.29, 1.82) is 0 Å². The van der Waals surface area contributed by atoms with Gasteiger partial charge in [-0.05, 0) is 24.3 Å². The Bertz CT molecular complexity index is 660. The maximum Gasteiger partial charge on any atom is 0.200 e. The van der Waals surface area contributed by atoms with Crippen LogP contribution in [0.1, 0.15) is 5.56 Å². The van der Waals surface area contributed by atoms with E-state index in [1.165, 1.54) is 12.1 Å². The molecule has 4 N–H and O–H groups in total. The normalized spacial score (nSPS) is 10.4. The second kappa shape index (κ2) is 6.01. The van der Waals surface area contributed by atoms with Gasteiger partial charge in [-0.15, -0.1) is 0 Å². The predicted octanol–water partition coefficient (Wildman–Crippen LogP) is 3.13. The van der Waals surface area contributed by atoms with Gasteiger partial charge >= 0.3 is 0 Å². The van der Waals surface area contributed by atoms with Crippen LogP contribution >= 0.6 is 11.6 Å². The first-order valence-corrected chi connectivity index (χ1v) is 6.72. The molecule has 112 valence electrons. The summed E-state index contributed by atoms with van der Waals surface area (Å²) in [6.07, 6.45) is 0. The lowest BCUT2D eigenvalue weighted by Gasteiger charge is -2.20. The first kappa shape index (κ1) is 15.1. The van der Waals surface area contributed by atoms with Crippen molar-refractivity contribution in [3.8, 4) is 17.2 Å². The Labute approximate surface area is 128 Å². The molecule has 0 aliphatic rings. The number of phenolic OH excluding ortho intramolecular Hbond substituents is 3. The van der Waals surface area contributed by atoms with Crippen LogP contribution in [0, 0.1) is 0 Å². The van der Waals surface area contributed by atoms with E-state index in [4.69, 9.17) is 11.6 Å². The van der Waals surface area contributed by atoms with Gasteiger partial charge in [0, 0.05) is 26.2 Å². The SMILES string of the molecule is CN(C)c1c(Cl)cccc1NCc1ccc(O)c(O)c1O. The summed E-state index contributed by atoms with van der Waals surface area (Å²) in [7, 11) is 3.77. The minimum Gasteiger partial charge on any atom is -0.504 e. The number of aromatic hydroxyl groups is 3. The van der Waals surface area contributed by atoms with Gasteiger partial charge in [0.15, 0.2) is 11.5 Å². The highest BCUT2D eigenvalue weighted by molar-refractivity contribution is 6.34. The molecular weight excluding hydrogens is 292 g/mol. The number of para-hydroxylation sites is 1. The summed E-state index contributed by atoms with van der Waals surface area (Å²) in [5.74, 6) is -1.21. The van der Waals surface area contributed by atoms with E-state index in [1.807, 2.05) is 31.1 Å². The standard InChI is InChI=1S/C15H17ClN2O3/c1-18(2)13-10(16)4-3-5-11(13)17-8-9-6-7-12(19)15(21)14(9)20/h3-7,17,19-21H,8H2,1-2H3. The molecule has 21 heavy (non-hydrogen) atoms. The van der Waals surface area contributed by atoms with Crippen molar-refractivity contribution in [3.05, 3.63) is 40.9 Å². The smallest absolute Gasteiger partial charge is 0.200 e. The van der Waals surface area contributed by atoms with Crippen molar-refractivity contribution in [2.75, 3.05) is 24.3 Å². The van der Waals surface area contributed by atoms with E-state index in [0.717, 1.165) is 11.4 Å². The Morgan fingerprint density at radius 3 is 2.43 bits per heavy atom. The van der Waals surface area contributed by atoms with Gasteiger partial charge in [-0.3, -0.25) is 0 Å². The van der Waals surface area contributed by atoms with E-state index in [1.54, 1.807) is 6.07 Å². The van der Waals surface area contributed by atoms with Crippen molar-refractivity contribution < 1.29 is 15.3 Å². The molecule has 0 saturated carbocycles. The monoisotopic (exact) mass is 308 g/mol. The van der Waals surface area contributed by atoms with E-state index in [-0.39, 0.29) is 18.0 Å². The molecule has 6 heteroatoms. The third-order valence-electron chi connectivity index (χ3n) is 3.12. The summed E-state index contributed by atoms with van der Waals surface area (Å²) in [6, 6.07) is 8.37. The largest absolute Gasteiger partial charge is 0.504 e. The molecule has 0 aliphatic heterocycles. The second-order valence-corrected chi connectivity index (χ2v) is 5.23. The van der Waals surface area contributed by atoms with Gasteiger partial charge in [0.1, 0.15) is 0 Å². The zero-order chi connectivity index (χ0) is 15.6. The molecule has 2 aromatic rings. The maximum atomic E-state index is 9.80. The van der Waals surface area contributed by atoms with Crippen molar-refractivity contribution in [2.45, 2.75) is 6.54 Å². The number of rotatable bonds is 4. The molecule has 0 fully saturated rings. The fourth-order valence-electron chi connectivity index (χ4n) is 2.06. The van der Waals surface area contributed by atoms with E-state index in [2.05, 4.69) is 5.32 Å². The van der Waals surface area contributed by atoms with Crippen LogP contribution in [0.5, 0.6) is 17.2 Å². The van der Waals surface area contributed by atoms with Gasteiger partial charge in [0.2, 0.25) is 5.75 Å². The molecule has 0 bridgehead atoms. The molecule has 0 atom stereocenters. The van der Waals surface area contributed by atoms with Crippen LogP contribution in [0.3, 0.4) is 0 Å². The second-order valence-electron chi connectivity index (χ2n) is 4.83. The summed E-state index contributed by atoms with van der Waals surface area (Å²) in [5, 5.41) is 32.4. The summed E-state index contributed by atoms with van der Waals surface area (Å²) in [4.78, 5) is 1.89.